The molecule has 0 aliphatic heterocycles. The average Bonchev–Trinajstić information content (AvgIpc) is 2.30. The summed E-state index contributed by atoms with van der Waals surface area (Å²) in [5, 5.41) is 10.3. The minimum atomic E-state index is -0.612. The van der Waals surface area contributed by atoms with E-state index < -0.39 is 6.10 Å². The highest BCUT2D eigenvalue weighted by Gasteiger charge is 2.18. The van der Waals surface area contributed by atoms with Gasteiger partial charge in [0.25, 0.3) is 0 Å². The first-order valence-electron chi connectivity index (χ1n) is 5.66. The molecule has 0 saturated heterocycles. The number of benzene rings is 1. The Balaban J connectivity index is 2.64. The number of methoxy groups -OCH3 is 1. The molecule has 17 heavy (non-hydrogen) atoms. The lowest BCUT2D eigenvalue weighted by atomic mass is 9.95. The summed E-state index contributed by atoms with van der Waals surface area (Å²) in [6.45, 7) is 2.50. The lowest BCUT2D eigenvalue weighted by molar-refractivity contribution is 0.0881. The maximum Gasteiger partial charge on any atom is 0.127 e. The number of halogens is 2. The van der Waals surface area contributed by atoms with Crippen molar-refractivity contribution in [2.75, 3.05) is 13.7 Å². The summed E-state index contributed by atoms with van der Waals surface area (Å²) >= 11 is 5.91. The molecule has 4 heteroatoms. The SMILES string of the molecule is COCCC(C)C(O)Cc1c(F)cccc1Cl. The smallest absolute Gasteiger partial charge is 0.127 e. The monoisotopic (exact) mass is 260 g/mol. The first-order valence-corrected chi connectivity index (χ1v) is 6.04. The molecule has 2 nitrogen and oxygen atoms in total. The third-order valence-electron chi connectivity index (χ3n) is 2.91. The highest BCUT2D eigenvalue weighted by molar-refractivity contribution is 6.31. The molecule has 1 aromatic rings. The lowest BCUT2D eigenvalue weighted by Crippen LogP contribution is -2.22. The van der Waals surface area contributed by atoms with E-state index in [1.807, 2.05) is 6.92 Å². The summed E-state index contributed by atoms with van der Waals surface area (Å²) < 4.78 is 18.5. The standard InChI is InChI=1S/C13H18ClFO2/c1-9(6-7-17-2)13(16)8-10-11(14)4-3-5-12(10)15/h3-5,9,13,16H,6-8H2,1-2H3. The van der Waals surface area contributed by atoms with E-state index in [1.54, 1.807) is 19.2 Å². The van der Waals surface area contributed by atoms with Crippen LogP contribution in [0.3, 0.4) is 0 Å². The molecular weight excluding hydrogens is 243 g/mol. The Hall–Kier alpha value is -0.640. The molecule has 2 atom stereocenters. The number of rotatable bonds is 6. The van der Waals surface area contributed by atoms with Crippen LogP contribution < -0.4 is 0 Å². The van der Waals surface area contributed by atoms with Crippen LogP contribution in [0.15, 0.2) is 18.2 Å². The molecule has 1 N–H and O–H groups in total. The number of hydrogen-bond acceptors (Lipinski definition) is 2. The second kappa shape index (κ2) is 6.94. The first-order chi connectivity index (χ1) is 8.06. The van der Waals surface area contributed by atoms with Crippen LogP contribution in [0.2, 0.25) is 5.02 Å². The fraction of sp³-hybridized carbons (Fsp3) is 0.538. The molecule has 96 valence electrons. The minimum Gasteiger partial charge on any atom is -0.393 e. The van der Waals surface area contributed by atoms with Gasteiger partial charge in [0.1, 0.15) is 5.82 Å². The normalized spacial score (nSPS) is 14.6. The van der Waals surface area contributed by atoms with Crippen LogP contribution in [-0.2, 0) is 11.2 Å². The van der Waals surface area contributed by atoms with E-state index >= 15 is 0 Å². The van der Waals surface area contributed by atoms with Crippen molar-refractivity contribution >= 4 is 11.6 Å². The van der Waals surface area contributed by atoms with Gasteiger partial charge in [0.2, 0.25) is 0 Å². The van der Waals surface area contributed by atoms with Crippen LogP contribution in [-0.4, -0.2) is 24.9 Å². The second-order valence-corrected chi connectivity index (χ2v) is 4.64. The first kappa shape index (κ1) is 14.4. The van der Waals surface area contributed by atoms with Crippen molar-refractivity contribution in [2.24, 2.45) is 5.92 Å². The summed E-state index contributed by atoms with van der Waals surface area (Å²) in [6, 6.07) is 4.54. The molecule has 0 amide bonds. The quantitative estimate of drug-likeness (QED) is 0.852. The molecular formula is C13H18ClFO2. The zero-order chi connectivity index (χ0) is 12.8. The van der Waals surface area contributed by atoms with E-state index in [2.05, 4.69) is 0 Å². The van der Waals surface area contributed by atoms with Gasteiger partial charge in [0, 0.05) is 30.7 Å². The number of hydrogen-bond donors (Lipinski definition) is 1. The van der Waals surface area contributed by atoms with E-state index in [-0.39, 0.29) is 18.2 Å². The van der Waals surface area contributed by atoms with Gasteiger partial charge in [0.05, 0.1) is 6.10 Å². The van der Waals surface area contributed by atoms with Crippen LogP contribution in [0.25, 0.3) is 0 Å². The predicted octanol–water partition coefficient (Wildman–Crippen LogP) is 3.06. The molecule has 0 spiro atoms. The largest absolute Gasteiger partial charge is 0.393 e. The van der Waals surface area contributed by atoms with Crippen molar-refractivity contribution in [1.82, 2.24) is 0 Å². The predicted molar refractivity (Wildman–Crippen MR) is 66.8 cm³/mol. The fourth-order valence-electron chi connectivity index (χ4n) is 1.63. The van der Waals surface area contributed by atoms with Crippen molar-refractivity contribution in [1.29, 1.82) is 0 Å². The molecule has 0 radical (unpaired) electrons. The summed E-state index contributed by atoms with van der Waals surface area (Å²) in [6.07, 6.45) is 0.361. The van der Waals surface area contributed by atoms with Gasteiger partial charge in [-0.3, -0.25) is 0 Å². The minimum absolute atomic E-state index is 0.0469. The van der Waals surface area contributed by atoms with Crippen LogP contribution in [0.5, 0.6) is 0 Å². The lowest BCUT2D eigenvalue weighted by Gasteiger charge is -2.19. The van der Waals surface area contributed by atoms with Crippen LogP contribution >= 0.6 is 11.6 Å². The van der Waals surface area contributed by atoms with Gasteiger partial charge in [-0.25, -0.2) is 4.39 Å². The summed E-state index contributed by atoms with van der Waals surface area (Å²) in [7, 11) is 1.62. The van der Waals surface area contributed by atoms with E-state index in [4.69, 9.17) is 16.3 Å². The van der Waals surface area contributed by atoms with E-state index in [1.165, 1.54) is 6.07 Å². The van der Waals surface area contributed by atoms with Crippen LogP contribution in [0.1, 0.15) is 18.9 Å². The van der Waals surface area contributed by atoms with Crippen LogP contribution in [0.4, 0.5) is 4.39 Å². The highest BCUT2D eigenvalue weighted by Crippen LogP contribution is 2.23. The molecule has 0 aliphatic rings. The van der Waals surface area contributed by atoms with Gasteiger partial charge in [-0.2, -0.15) is 0 Å². The molecule has 1 rings (SSSR count). The summed E-state index contributed by atoms with van der Waals surface area (Å²) in [5.41, 5.74) is 0.380. The van der Waals surface area contributed by atoms with Crippen molar-refractivity contribution in [3.8, 4) is 0 Å². The number of aliphatic hydroxyl groups is 1. The van der Waals surface area contributed by atoms with Gasteiger partial charge in [0.15, 0.2) is 0 Å². The van der Waals surface area contributed by atoms with Gasteiger partial charge in [-0.05, 0) is 24.5 Å². The van der Waals surface area contributed by atoms with Crippen molar-refractivity contribution in [3.63, 3.8) is 0 Å². The van der Waals surface area contributed by atoms with Crippen LogP contribution in [0, 0.1) is 11.7 Å². The van der Waals surface area contributed by atoms with Gasteiger partial charge >= 0.3 is 0 Å². The molecule has 0 aromatic heterocycles. The van der Waals surface area contributed by atoms with E-state index in [0.717, 1.165) is 6.42 Å². The third kappa shape index (κ3) is 4.26. The molecule has 2 unspecified atom stereocenters. The number of ether oxygens (including phenoxy) is 1. The zero-order valence-electron chi connectivity index (χ0n) is 10.1. The van der Waals surface area contributed by atoms with Crippen molar-refractivity contribution in [2.45, 2.75) is 25.9 Å². The molecule has 0 saturated carbocycles. The Bertz CT molecular complexity index is 337. The third-order valence-corrected chi connectivity index (χ3v) is 3.26. The Morgan fingerprint density at radius 1 is 1.47 bits per heavy atom. The summed E-state index contributed by atoms with van der Waals surface area (Å²) in [5.74, 6) is -0.318. The molecule has 0 heterocycles. The second-order valence-electron chi connectivity index (χ2n) is 4.23. The number of aliphatic hydroxyl groups excluding tert-OH is 1. The van der Waals surface area contributed by atoms with Gasteiger partial charge < -0.3 is 9.84 Å². The molecule has 1 aromatic carbocycles. The van der Waals surface area contributed by atoms with Gasteiger partial charge in [-0.1, -0.05) is 24.6 Å². The zero-order valence-corrected chi connectivity index (χ0v) is 10.9. The Kier molecular flexibility index (Phi) is 5.89. The summed E-state index contributed by atoms with van der Waals surface area (Å²) in [4.78, 5) is 0. The Morgan fingerprint density at radius 3 is 2.76 bits per heavy atom. The molecule has 0 bridgehead atoms. The Labute approximate surface area is 106 Å². The maximum absolute atomic E-state index is 13.5. The van der Waals surface area contributed by atoms with Gasteiger partial charge in [-0.15, -0.1) is 0 Å². The Morgan fingerprint density at radius 2 is 2.18 bits per heavy atom. The average molecular weight is 261 g/mol. The molecule has 0 fully saturated rings. The van der Waals surface area contributed by atoms with E-state index in [9.17, 15) is 9.50 Å². The van der Waals surface area contributed by atoms with E-state index in [0.29, 0.717) is 17.2 Å². The van der Waals surface area contributed by atoms with Crippen molar-refractivity contribution in [3.05, 3.63) is 34.6 Å². The topological polar surface area (TPSA) is 29.5 Å². The van der Waals surface area contributed by atoms with Crippen molar-refractivity contribution < 1.29 is 14.2 Å². The maximum atomic E-state index is 13.5. The highest BCUT2D eigenvalue weighted by atomic mass is 35.5. The fourth-order valence-corrected chi connectivity index (χ4v) is 1.87. The molecule has 0 aliphatic carbocycles.